The molecule has 1 saturated heterocycles. The fraction of sp³-hybridized carbons (Fsp3) is 0.500. The second-order valence-corrected chi connectivity index (χ2v) is 5.68. The number of hydrogen-bond donors (Lipinski definition) is 1. The van der Waals surface area contributed by atoms with E-state index < -0.39 is 0 Å². The molecule has 0 radical (unpaired) electrons. The second kappa shape index (κ2) is 2.54. The van der Waals surface area contributed by atoms with Crippen molar-refractivity contribution in [2.75, 3.05) is 0 Å². The van der Waals surface area contributed by atoms with Crippen molar-refractivity contribution in [1.29, 1.82) is 0 Å². The van der Waals surface area contributed by atoms with E-state index in [1.54, 1.807) is 4.47 Å². The van der Waals surface area contributed by atoms with E-state index in [1.807, 2.05) is 0 Å². The predicted octanol–water partition coefficient (Wildman–Crippen LogP) is 0.852. The molecule has 1 nitrogen and oxygen atoms in total. The van der Waals surface area contributed by atoms with Crippen LogP contribution in [-0.2, 0) is 0 Å². The molecule has 0 aromatic carbocycles. The SMILES string of the molecule is CC1NC2CC=CC=C2[Se]1. The molecule has 1 aliphatic carbocycles. The quantitative estimate of drug-likeness (QED) is 0.572. The Morgan fingerprint density at radius 2 is 2.60 bits per heavy atom. The third-order valence-corrected chi connectivity index (χ3v) is 4.34. The van der Waals surface area contributed by atoms with Gasteiger partial charge in [0.25, 0.3) is 0 Å². The van der Waals surface area contributed by atoms with E-state index in [0.29, 0.717) is 6.04 Å². The Kier molecular flexibility index (Phi) is 1.69. The minimum atomic E-state index is 0.694. The van der Waals surface area contributed by atoms with Crippen LogP contribution in [0.25, 0.3) is 0 Å². The van der Waals surface area contributed by atoms with E-state index in [4.69, 9.17) is 0 Å². The van der Waals surface area contributed by atoms with Crippen molar-refractivity contribution in [3.05, 3.63) is 22.7 Å². The number of rotatable bonds is 0. The van der Waals surface area contributed by atoms with Gasteiger partial charge in [-0.1, -0.05) is 0 Å². The summed E-state index contributed by atoms with van der Waals surface area (Å²) in [6, 6.07) is 0.694. The maximum atomic E-state index is 3.56. The first kappa shape index (κ1) is 6.66. The summed E-state index contributed by atoms with van der Waals surface area (Å²) >= 11 is 0.718. The first-order valence-corrected chi connectivity index (χ1v) is 5.50. The molecule has 2 rings (SSSR count). The topological polar surface area (TPSA) is 12.0 Å². The molecule has 54 valence electrons. The van der Waals surface area contributed by atoms with Crippen molar-refractivity contribution in [2.24, 2.45) is 0 Å². The molecule has 1 heterocycles. The van der Waals surface area contributed by atoms with Crippen LogP contribution in [0.15, 0.2) is 22.7 Å². The van der Waals surface area contributed by atoms with Gasteiger partial charge in [-0.05, 0) is 0 Å². The van der Waals surface area contributed by atoms with Crippen LogP contribution in [0.4, 0.5) is 0 Å². The van der Waals surface area contributed by atoms with E-state index in [2.05, 4.69) is 30.5 Å². The van der Waals surface area contributed by atoms with Crippen LogP contribution in [0.1, 0.15) is 13.3 Å². The fourth-order valence-electron chi connectivity index (χ4n) is 1.40. The summed E-state index contributed by atoms with van der Waals surface area (Å²) in [4.78, 5) is 0.753. The van der Waals surface area contributed by atoms with E-state index in [9.17, 15) is 0 Å². The molecule has 0 spiro atoms. The summed E-state index contributed by atoms with van der Waals surface area (Å²) in [5.41, 5.74) is 0. The Morgan fingerprint density at radius 3 is 3.40 bits per heavy atom. The Hall–Kier alpha value is -0.0405. The molecule has 1 fully saturated rings. The molecule has 0 aromatic heterocycles. The zero-order valence-corrected chi connectivity index (χ0v) is 7.72. The van der Waals surface area contributed by atoms with Crippen molar-refractivity contribution in [2.45, 2.75) is 24.3 Å². The van der Waals surface area contributed by atoms with E-state index >= 15 is 0 Å². The van der Waals surface area contributed by atoms with Crippen molar-refractivity contribution < 1.29 is 0 Å². The minimum absolute atomic E-state index is 0.694. The van der Waals surface area contributed by atoms with Gasteiger partial charge in [0, 0.05) is 0 Å². The average Bonchev–Trinajstić information content (AvgIpc) is 2.27. The molecule has 0 amide bonds. The van der Waals surface area contributed by atoms with Crippen molar-refractivity contribution in [3.63, 3.8) is 0 Å². The summed E-state index contributed by atoms with van der Waals surface area (Å²) in [7, 11) is 0. The molecular weight excluding hydrogens is 189 g/mol. The van der Waals surface area contributed by atoms with Gasteiger partial charge in [-0.2, -0.15) is 0 Å². The van der Waals surface area contributed by atoms with Crippen LogP contribution < -0.4 is 5.32 Å². The van der Waals surface area contributed by atoms with Crippen LogP contribution in [-0.4, -0.2) is 25.9 Å². The van der Waals surface area contributed by atoms with Gasteiger partial charge >= 0.3 is 67.3 Å². The number of fused-ring (bicyclic) bond motifs is 1. The average molecular weight is 200 g/mol. The molecule has 10 heavy (non-hydrogen) atoms. The van der Waals surface area contributed by atoms with E-state index in [-0.39, 0.29) is 0 Å². The molecule has 1 aliphatic heterocycles. The molecule has 0 aromatic rings. The Morgan fingerprint density at radius 1 is 1.70 bits per heavy atom. The zero-order chi connectivity index (χ0) is 6.97. The molecular formula is C8H11NSe. The van der Waals surface area contributed by atoms with Crippen molar-refractivity contribution in [1.82, 2.24) is 5.32 Å². The van der Waals surface area contributed by atoms with Gasteiger partial charge < -0.3 is 0 Å². The first-order chi connectivity index (χ1) is 4.86. The Bertz CT molecular complexity index is 195. The van der Waals surface area contributed by atoms with Gasteiger partial charge in [-0.15, -0.1) is 0 Å². The van der Waals surface area contributed by atoms with Crippen LogP contribution in [0.5, 0.6) is 0 Å². The third-order valence-electron chi connectivity index (χ3n) is 1.86. The summed E-state index contributed by atoms with van der Waals surface area (Å²) in [6.07, 6.45) is 7.92. The van der Waals surface area contributed by atoms with Gasteiger partial charge in [0.15, 0.2) is 0 Å². The van der Waals surface area contributed by atoms with Crippen molar-refractivity contribution in [3.8, 4) is 0 Å². The molecule has 1 N–H and O–H groups in total. The summed E-state index contributed by atoms with van der Waals surface area (Å²) < 4.78 is 1.66. The summed E-state index contributed by atoms with van der Waals surface area (Å²) in [5, 5.41) is 3.56. The molecule has 0 saturated carbocycles. The van der Waals surface area contributed by atoms with Gasteiger partial charge in [0.1, 0.15) is 0 Å². The van der Waals surface area contributed by atoms with Gasteiger partial charge in [0.05, 0.1) is 0 Å². The normalized spacial score (nSPS) is 37.5. The first-order valence-electron chi connectivity index (χ1n) is 3.66. The number of allylic oxidation sites excluding steroid dienone is 2. The molecule has 2 unspecified atom stereocenters. The van der Waals surface area contributed by atoms with Crippen LogP contribution in [0.2, 0.25) is 0 Å². The Balaban J connectivity index is 2.18. The van der Waals surface area contributed by atoms with Crippen LogP contribution in [0, 0.1) is 0 Å². The number of nitrogens with one attached hydrogen (secondary N) is 1. The fourth-order valence-corrected chi connectivity index (χ4v) is 3.77. The second-order valence-electron chi connectivity index (χ2n) is 2.71. The monoisotopic (exact) mass is 201 g/mol. The summed E-state index contributed by atoms with van der Waals surface area (Å²) in [6.45, 7) is 2.28. The molecule has 2 atom stereocenters. The zero-order valence-electron chi connectivity index (χ0n) is 6.00. The third kappa shape index (κ3) is 1.07. The van der Waals surface area contributed by atoms with Gasteiger partial charge in [0.2, 0.25) is 0 Å². The number of hydrogen-bond acceptors (Lipinski definition) is 1. The summed E-state index contributed by atoms with van der Waals surface area (Å²) in [5.74, 6) is 0. The molecule has 2 heteroatoms. The van der Waals surface area contributed by atoms with E-state index in [0.717, 1.165) is 19.9 Å². The maximum absolute atomic E-state index is 3.56. The van der Waals surface area contributed by atoms with E-state index in [1.165, 1.54) is 6.42 Å². The van der Waals surface area contributed by atoms with Crippen molar-refractivity contribution >= 4 is 15.0 Å². The van der Waals surface area contributed by atoms with Gasteiger partial charge in [-0.3, -0.25) is 0 Å². The molecule has 2 aliphatic rings. The standard InChI is InChI=1S/C8H11NSe/c1-6-9-7-4-2-3-5-8(7)10-6/h2-3,5-7,9H,4H2,1H3. The van der Waals surface area contributed by atoms with Crippen LogP contribution >= 0.6 is 0 Å². The molecule has 0 bridgehead atoms. The Labute approximate surface area is 67.7 Å². The van der Waals surface area contributed by atoms with Crippen LogP contribution in [0.3, 0.4) is 0 Å². The predicted molar refractivity (Wildman–Crippen MR) is 44.0 cm³/mol. The van der Waals surface area contributed by atoms with Gasteiger partial charge in [-0.25, -0.2) is 0 Å².